The summed E-state index contributed by atoms with van der Waals surface area (Å²) in [5.41, 5.74) is 23.4. The van der Waals surface area contributed by atoms with Gasteiger partial charge in [0, 0.05) is 73.5 Å². The van der Waals surface area contributed by atoms with Gasteiger partial charge in [-0.25, -0.2) is 0 Å². The number of anilines is 6. The van der Waals surface area contributed by atoms with Crippen molar-refractivity contribution in [3.05, 3.63) is 217 Å². The van der Waals surface area contributed by atoms with Crippen molar-refractivity contribution in [2.75, 3.05) is 9.80 Å². The zero-order valence-corrected chi connectivity index (χ0v) is 45.3. The van der Waals surface area contributed by atoms with E-state index in [0.29, 0.717) is 5.92 Å². The molecule has 6 nitrogen and oxygen atoms in total. The third-order valence-electron chi connectivity index (χ3n) is 18.1. The van der Waals surface area contributed by atoms with Gasteiger partial charge in [-0.1, -0.05) is 142 Å². The third kappa shape index (κ3) is 6.42. The van der Waals surface area contributed by atoms with Gasteiger partial charge < -0.3 is 28.4 Å². The van der Waals surface area contributed by atoms with E-state index < -0.39 is 0 Å². The van der Waals surface area contributed by atoms with Gasteiger partial charge in [0.25, 0.3) is 13.4 Å². The molecule has 1 unspecified atom stereocenters. The van der Waals surface area contributed by atoms with Crippen LogP contribution in [0.5, 0.6) is 23.0 Å². The molecule has 9 heteroatoms. The highest BCUT2D eigenvalue weighted by Gasteiger charge is 2.48. The Labute approximate surface area is 464 Å². The molecule has 0 N–H and O–H groups in total. The fourth-order valence-electron chi connectivity index (χ4n) is 14.9. The van der Waals surface area contributed by atoms with E-state index in [4.69, 9.17) is 9.47 Å². The monoisotopic (exact) mass is 1040 g/mol. The van der Waals surface area contributed by atoms with Gasteiger partial charge in [0.15, 0.2) is 0 Å². The molecular formula is C70H54B2N4O2S. The Morgan fingerprint density at radius 3 is 1.84 bits per heavy atom. The minimum Gasteiger partial charge on any atom is -0.458 e. The number of nitrogens with zero attached hydrogens (tertiary/aromatic N) is 4. The number of thiophene rings is 1. The predicted molar refractivity (Wildman–Crippen MR) is 332 cm³/mol. The fourth-order valence-corrected chi connectivity index (χ4v) is 16.1. The van der Waals surface area contributed by atoms with Crippen LogP contribution in [0.1, 0.15) is 56.1 Å². The van der Waals surface area contributed by atoms with Crippen molar-refractivity contribution in [1.29, 1.82) is 0 Å². The van der Waals surface area contributed by atoms with Crippen molar-refractivity contribution in [3.8, 4) is 34.4 Å². The molecule has 0 saturated carbocycles. The van der Waals surface area contributed by atoms with Crippen molar-refractivity contribution >= 4 is 123 Å². The van der Waals surface area contributed by atoms with E-state index in [2.05, 4.69) is 234 Å². The highest BCUT2D eigenvalue weighted by molar-refractivity contribution is 7.26. The van der Waals surface area contributed by atoms with E-state index in [1.807, 2.05) is 11.3 Å². The molecule has 12 aromatic rings. The molecule has 4 aliphatic heterocycles. The van der Waals surface area contributed by atoms with Gasteiger partial charge in [-0.3, -0.25) is 0 Å². The maximum atomic E-state index is 7.60. The van der Waals surface area contributed by atoms with Crippen molar-refractivity contribution in [3.63, 3.8) is 0 Å². The number of hydrogen-bond donors (Lipinski definition) is 0. The Kier molecular flexibility index (Phi) is 9.86. The van der Waals surface area contributed by atoms with Gasteiger partial charge in [0.1, 0.15) is 23.0 Å². The molecule has 1 aliphatic carbocycles. The second kappa shape index (κ2) is 17.2. The SMILES string of the molecule is CCCc1c(CC)c2ccccc2n1-c1cc2c3c(c1)N(c1ccccc1)c1ccccc1B3c1cc3c(cc1O2)Oc1cc(-n2c4c(c5ccccc52)CC(C)CC4)cc2c1B3c1c(sc3ccccc13)N2c1ccccc1. The molecule has 1 atom stereocenters. The molecule has 0 amide bonds. The zero-order valence-electron chi connectivity index (χ0n) is 44.5. The maximum absolute atomic E-state index is 7.60. The molecule has 0 bridgehead atoms. The summed E-state index contributed by atoms with van der Waals surface area (Å²) in [6.07, 6.45) is 6.28. The second-order valence-corrected chi connectivity index (χ2v) is 23.5. The third-order valence-corrected chi connectivity index (χ3v) is 19.2. The molecule has 7 heterocycles. The summed E-state index contributed by atoms with van der Waals surface area (Å²) in [5, 5.41) is 5.20. The Bertz CT molecular complexity index is 4540. The van der Waals surface area contributed by atoms with Gasteiger partial charge in [0.05, 0.1) is 27.4 Å². The van der Waals surface area contributed by atoms with E-state index in [0.717, 1.165) is 94.7 Å². The van der Waals surface area contributed by atoms with Crippen molar-refractivity contribution in [2.45, 2.75) is 59.3 Å². The van der Waals surface area contributed by atoms with Crippen LogP contribution in [0, 0.1) is 5.92 Å². The van der Waals surface area contributed by atoms with E-state index in [1.54, 1.807) is 0 Å². The van der Waals surface area contributed by atoms with Gasteiger partial charge >= 0.3 is 0 Å². The van der Waals surface area contributed by atoms with Crippen LogP contribution < -0.4 is 52.1 Å². The maximum Gasteiger partial charge on any atom is 0.258 e. The Morgan fingerprint density at radius 1 is 0.506 bits per heavy atom. The topological polar surface area (TPSA) is 34.8 Å². The van der Waals surface area contributed by atoms with Gasteiger partial charge in [-0.15, -0.1) is 11.3 Å². The number of aryl methyl sites for hydroxylation is 1. The molecular weight excluding hydrogens is 982 g/mol. The Hall–Kier alpha value is -8.65. The Balaban J connectivity index is 0.928. The van der Waals surface area contributed by atoms with Crippen LogP contribution in [0.25, 0.3) is 43.3 Å². The zero-order chi connectivity index (χ0) is 52.2. The number of fused-ring (bicyclic) bond motifs is 14. The van der Waals surface area contributed by atoms with Crippen molar-refractivity contribution in [1.82, 2.24) is 9.13 Å². The van der Waals surface area contributed by atoms with Gasteiger partial charge in [0.2, 0.25) is 0 Å². The van der Waals surface area contributed by atoms with E-state index >= 15 is 0 Å². The van der Waals surface area contributed by atoms with Crippen LogP contribution in [-0.4, -0.2) is 22.6 Å². The highest BCUT2D eigenvalue weighted by Crippen LogP contribution is 2.49. The smallest absolute Gasteiger partial charge is 0.258 e. The summed E-state index contributed by atoms with van der Waals surface area (Å²) in [6.45, 7) is 6.76. The van der Waals surface area contributed by atoms with Crippen molar-refractivity contribution < 1.29 is 9.47 Å². The van der Waals surface area contributed by atoms with E-state index in [-0.39, 0.29) is 13.4 Å². The molecule has 0 spiro atoms. The van der Waals surface area contributed by atoms with Crippen LogP contribution in [0.15, 0.2) is 194 Å². The molecule has 9 aromatic carbocycles. The molecule has 79 heavy (non-hydrogen) atoms. The Morgan fingerprint density at radius 2 is 1.10 bits per heavy atom. The molecule has 5 aliphatic rings. The lowest BCUT2D eigenvalue weighted by molar-refractivity contribution is 0.465. The van der Waals surface area contributed by atoms with Crippen LogP contribution in [0.2, 0.25) is 0 Å². The minimum atomic E-state index is -0.120. The normalized spacial score (nSPS) is 15.3. The molecule has 378 valence electrons. The first kappa shape index (κ1) is 45.4. The van der Waals surface area contributed by atoms with Crippen LogP contribution >= 0.6 is 11.3 Å². The average molecular weight is 1040 g/mol. The number of hydrogen-bond acceptors (Lipinski definition) is 5. The molecule has 0 saturated heterocycles. The largest absolute Gasteiger partial charge is 0.458 e. The second-order valence-electron chi connectivity index (χ2n) is 22.5. The lowest BCUT2D eigenvalue weighted by atomic mass is 9.31. The van der Waals surface area contributed by atoms with Gasteiger partial charge in [-0.05, 0) is 148 Å². The first-order valence-corrected chi connectivity index (χ1v) is 29.3. The summed E-state index contributed by atoms with van der Waals surface area (Å²) in [6, 6.07) is 72.3. The standard InChI is InChI=1S/C70H54B2N4O2S/c1-4-20-55-47(5-2)48-25-12-16-29-56(48)74(55)45-36-60-68-64(38-45)77-62-41-63-54(40-53(62)71(68)52-28-15-18-31-59(52)73(60)43-21-8-6-9-22-43)72-67-50-27-14-19-32-66(50)79-70(67)76(44-23-10-7-11-24-44)61-37-46(39-65(78-63)69(61)72)75-57-30-17-13-26-49(57)51-35-42(3)33-34-58(51)75/h6-19,21-32,36-42H,4-5,20,33-35H2,1-3H3. The van der Waals surface area contributed by atoms with Gasteiger partial charge in [-0.2, -0.15) is 0 Å². The predicted octanol–water partition coefficient (Wildman–Crippen LogP) is 14.2. The van der Waals surface area contributed by atoms with Crippen LogP contribution in [0.3, 0.4) is 0 Å². The lowest BCUT2D eigenvalue weighted by Crippen LogP contribution is -2.63. The lowest BCUT2D eigenvalue weighted by Gasteiger charge is -2.42. The first-order chi connectivity index (χ1) is 39.0. The average Bonchev–Trinajstić information content (AvgIpc) is 4.25. The molecule has 17 rings (SSSR count). The number of rotatable bonds is 7. The highest BCUT2D eigenvalue weighted by atomic mass is 32.1. The summed E-state index contributed by atoms with van der Waals surface area (Å²) >= 11 is 1.90. The van der Waals surface area contributed by atoms with E-state index in [9.17, 15) is 0 Å². The number of benzene rings is 9. The van der Waals surface area contributed by atoms with E-state index in [1.165, 1.54) is 98.8 Å². The summed E-state index contributed by atoms with van der Waals surface area (Å²) in [4.78, 5) is 5.01. The fraction of sp³-hybridized carbons (Fsp3) is 0.143. The first-order valence-electron chi connectivity index (χ1n) is 28.5. The summed E-state index contributed by atoms with van der Waals surface area (Å²) < 4.78 is 21.5. The molecule has 3 aromatic heterocycles. The minimum absolute atomic E-state index is 0.116. The number of ether oxygens (including phenoxy) is 2. The van der Waals surface area contributed by atoms with Crippen LogP contribution in [-0.2, 0) is 25.7 Å². The summed E-state index contributed by atoms with van der Waals surface area (Å²) in [7, 11) is 0. The summed E-state index contributed by atoms with van der Waals surface area (Å²) in [5.74, 6) is 4.08. The quantitative estimate of drug-likeness (QED) is 0.149. The number of aromatic nitrogens is 2. The van der Waals surface area contributed by atoms with Crippen molar-refractivity contribution in [2.24, 2.45) is 5.92 Å². The number of para-hydroxylation sites is 5. The van der Waals surface area contributed by atoms with Crippen LogP contribution in [0.4, 0.5) is 33.4 Å². The molecule has 0 radical (unpaired) electrons. The molecule has 0 fully saturated rings.